The Balaban J connectivity index is 2.32. The topological polar surface area (TPSA) is 88.8 Å². The summed E-state index contributed by atoms with van der Waals surface area (Å²) in [6.07, 6.45) is 1.10. The van der Waals surface area contributed by atoms with E-state index in [1.165, 1.54) is 5.56 Å². The fraction of sp³-hybridized carbons (Fsp3) is 0.391. The van der Waals surface area contributed by atoms with E-state index in [2.05, 4.69) is 57.3 Å². The fourth-order valence-electron chi connectivity index (χ4n) is 3.42. The molecule has 0 spiro atoms. The summed E-state index contributed by atoms with van der Waals surface area (Å²) in [6, 6.07) is 16.8. The van der Waals surface area contributed by atoms with Crippen LogP contribution in [0, 0.1) is 5.92 Å². The Bertz CT molecular complexity index is 772. The molecule has 0 aliphatic heterocycles. The first-order valence-corrected chi connectivity index (χ1v) is 9.93. The van der Waals surface area contributed by atoms with Crippen molar-refractivity contribution >= 4 is 11.9 Å². The summed E-state index contributed by atoms with van der Waals surface area (Å²) in [6.45, 7) is 8.68. The molecule has 0 bridgehead atoms. The Morgan fingerprint density at radius 1 is 0.929 bits per heavy atom. The van der Waals surface area contributed by atoms with Crippen LogP contribution in [-0.2, 0) is 4.79 Å². The van der Waals surface area contributed by atoms with Crippen LogP contribution in [0.2, 0.25) is 0 Å². The molecule has 3 amide bonds. The van der Waals surface area contributed by atoms with Crippen molar-refractivity contribution in [2.24, 2.45) is 11.7 Å². The predicted molar refractivity (Wildman–Crippen MR) is 112 cm³/mol. The molecular weight excluding hydrogens is 350 g/mol. The molecule has 0 radical (unpaired) electrons. The van der Waals surface area contributed by atoms with Crippen LogP contribution >= 0.6 is 0 Å². The number of nitrogens with two attached hydrogens (primary N) is 2. The summed E-state index contributed by atoms with van der Waals surface area (Å²) in [5.41, 5.74) is 8.50. The quantitative estimate of drug-likeness (QED) is 0.653. The third kappa shape index (κ3) is 5.67. The maximum absolute atomic E-state index is 12.7. The molecule has 0 saturated carbocycles. The van der Waals surface area contributed by atoms with E-state index in [-0.39, 0.29) is 6.04 Å². The van der Waals surface area contributed by atoms with E-state index >= 15 is 0 Å². The highest BCUT2D eigenvalue weighted by Gasteiger charge is 2.31. The molecule has 0 aromatic heterocycles. The Morgan fingerprint density at radius 2 is 1.50 bits per heavy atom. The van der Waals surface area contributed by atoms with Crippen LogP contribution in [0.15, 0.2) is 54.6 Å². The van der Waals surface area contributed by atoms with Gasteiger partial charge in [-0.15, -0.1) is 0 Å². The number of benzene rings is 2. The smallest absolute Gasteiger partial charge is 0.319 e. The highest BCUT2D eigenvalue weighted by molar-refractivity contribution is 5.96. The second kappa shape index (κ2) is 10.0. The Labute approximate surface area is 167 Å². The van der Waals surface area contributed by atoms with Crippen molar-refractivity contribution in [1.82, 2.24) is 5.32 Å². The van der Waals surface area contributed by atoms with E-state index in [0.717, 1.165) is 17.5 Å². The van der Waals surface area contributed by atoms with E-state index in [1.807, 2.05) is 35.6 Å². The average molecular weight is 383 g/mol. The highest BCUT2D eigenvalue weighted by Crippen LogP contribution is 2.24. The Morgan fingerprint density at radius 3 is 2.00 bits per heavy atom. The molecule has 5 nitrogen and oxygen atoms in total. The van der Waals surface area contributed by atoms with E-state index in [4.69, 9.17) is 5.73 Å². The predicted octanol–water partition coefficient (Wildman–Crippen LogP) is 3.40. The van der Waals surface area contributed by atoms with Crippen LogP contribution < -0.4 is 16.4 Å². The Kier molecular flexibility index (Phi) is 7.76. The lowest BCUT2D eigenvalue weighted by atomic mass is 9.91. The molecule has 0 heterocycles. The lowest BCUT2D eigenvalue weighted by Crippen LogP contribution is -2.89. The van der Waals surface area contributed by atoms with Gasteiger partial charge in [0.25, 0.3) is 5.91 Å². The van der Waals surface area contributed by atoms with Crippen molar-refractivity contribution in [3.63, 3.8) is 0 Å². The fourth-order valence-corrected chi connectivity index (χ4v) is 3.42. The molecule has 0 fully saturated rings. The zero-order valence-corrected chi connectivity index (χ0v) is 17.2. The first kappa shape index (κ1) is 21.6. The maximum atomic E-state index is 12.7. The number of imide groups is 1. The highest BCUT2D eigenvalue weighted by atomic mass is 16.2. The van der Waals surface area contributed by atoms with Crippen molar-refractivity contribution in [2.45, 2.75) is 52.1 Å². The first-order valence-electron chi connectivity index (χ1n) is 9.93. The van der Waals surface area contributed by atoms with Gasteiger partial charge in [-0.2, -0.15) is 0 Å². The standard InChI is InChI=1S/C23H31N3O2/c1-5-16(4)17-11-13-19(14-12-17)20(15(2)3)25-21(22(27)26-23(24)28)18-9-7-6-8-10-18/h6-16,20-21,25H,5H2,1-4H3,(H3,24,26,27,28)/p+1/t16-,20+,21-/m0/s1. The van der Waals surface area contributed by atoms with Gasteiger partial charge in [-0.05, 0) is 17.9 Å². The summed E-state index contributed by atoms with van der Waals surface area (Å²) in [7, 11) is 0. The van der Waals surface area contributed by atoms with Gasteiger partial charge in [0.05, 0.1) is 0 Å². The van der Waals surface area contributed by atoms with Gasteiger partial charge in [0.15, 0.2) is 6.04 Å². The number of hydrogen-bond donors (Lipinski definition) is 3. The van der Waals surface area contributed by atoms with Crippen LogP contribution in [0.3, 0.4) is 0 Å². The number of carbonyl (C=O) groups excluding carboxylic acids is 2. The third-order valence-corrected chi connectivity index (χ3v) is 5.31. The molecule has 28 heavy (non-hydrogen) atoms. The van der Waals surface area contributed by atoms with E-state index < -0.39 is 18.0 Å². The number of quaternary nitrogens is 1. The number of carbonyl (C=O) groups is 2. The van der Waals surface area contributed by atoms with Gasteiger partial charge in [-0.1, -0.05) is 82.3 Å². The van der Waals surface area contributed by atoms with Crippen molar-refractivity contribution in [1.29, 1.82) is 0 Å². The lowest BCUT2D eigenvalue weighted by Gasteiger charge is -2.25. The Hall–Kier alpha value is -2.66. The minimum Gasteiger partial charge on any atom is -0.351 e. The van der Waals surface area contributed by atoms with Gasteiger partial charge >= 0.3 is 6.03 Å². The minimum atomic E-state index is -0.835. The number of nitrogens with one attached hydrogen (secondary N) is 1. The second-order valence-electron chi connectivity index (χ2n) is 7.68. The number of primary amides is 1. The molecule has 5 N–H and O–H groups in total. The van der Waals surface area contributed by atoms with Crippen LogP contribution in [0.1, 0.15) is 68.8 Å². The normalized spacial score (nSPS) is 14.3. The monoisotopic (exact) mass is 382 g/mol. The van der Waals surface area contributed by atoms with Gasteiger partial charge in [-0.25, -0.2) is 4.79 Å². The number of rotatable bonds is 8. The SMILES string of the molecule is CC[C@H](C)c1ccc([C@H]([NH2+][C@H](C(=O)NC(N)=O)c2ccccc2)C(C)C)cc1. The molecule has 2 aromatic rings. The number of amides is 3. The molecule has 2 aromatic carbocycles. The summed E-state index contributed by atoms with van der Waals surface area (Å²) in [5, 5.41) is 4.26. The lowest BCUT2D eigenvalue weighted by molar-refractivity contribution is -0.728. The second-order valence-corrected chi connectivity index (χ2v) is 7.68. The maximum Gasteiger partial charge on any atom is 0.319 e. The minimum absolute atomic E-state index is 0.0646. The number of urea groups is 1. The molecular formula is C23H32N3O2+. The van der Waals surface area contributed by atoms with Crippen molar-refractivity contribution < 1.29 is 14.9 Å². The molecule has 0 unspecified atom stereocenters. The third-order valence-electron chi connectivity index (χ3n) is 5.31. The summed E-state index contributed by atoms with van der Waals surface area (Å²) in [4.78, 5) is 23.9. The van der Waals surface area contributed by atoms with Crippen LogP contribution in [0.4, 0.5) is 4.79 Å². The molecule has 0 aliphatic carbocycles. The van der Waals surface area contributed by atoms with E-state index in [1.54, 1.807) is 0 Å². The largest absolute Gasteiger partial charge is 0.351 e. The van der Waals surface area contributed by atoms with Gasteiger partial charge in [0.2, 0.25) is 0 Å². The molecule has 0 aliphatic rings. The summed E-state index contributed by atoms with van der Waals surface area (Å²) >= 11 is 0. The summed E-state index contributed by atoms with van der Waals surface area (Å²) < 4.78 is 0. The van der Waals surface area contributed by atoms with Crippen LogP contribution in [0.25, 0.3) is 0 Å². The number of hydrogen-bond acceptors (Lipinski definition) is 2. The first-order chi connectivity index (χ1) is 13.3. The zero-order valence-electron chi connectivity index (χ0n) is 17.2. The van der Waals surface area contributed by atoms with Crippen LogP contribution in [0.5, 0.6) is 0 Å². The van der Waals surface area contributed by atoms with E-state index in [0.29, 0.717) is 11.8 Å². The molecule has 5 heteroatoms. The zero-order chi connectivity index (χ0) is 20.7. The van der Waals surface area contributed by atoms with Gasteiger partial charge in [0.1, 0.15) is 6.04 Å². The average Bonchev–Trinajstić information content (AvgIpc) is 2.68. The summed E-state index contributed by atoms with van der Waals surface area (Å²) in [5.74, 6) is 0.413. The molecule has 2 rings (SSSR count). The van der Waals surface area contributed by atoms with Gasteiger partial charge < -0.3 is 11.1 Å². The molecule has 150 valence electrons. The molecule has 0 saturated heterocycles. The molecule has 3 atom stereocenters. The van der Waals surface area contributed by atoms with Crippen molar-refractivity contribution in [3.8, 4) is 0 Å². The van der Waals surface area contributed by atoms with Crippen molar-refractivity contribution in [3.05, 3.63) is 71.3 Å². The van der Waals surface area contributed by atoms with Crippen molar-refractivity contribution in [2.75, 3.05) is 0 Å². The van der Waals surface area contributed by atoms with E-state index in [9.17, 15) is 9.59 Å². The van der Waals surface area contributed by atoms with Gasteiger partial charge in [0, 0.05) is 17.0 Å². The van der Waals surface area contributed by atoms with Crippen LogP contribution in [-0.4, -0.2) is 11.9 Å². The van der Waals surface area contributed by atoms with Gasteiger partial charge in [-0.3, -0.25) is 10.1 Å².